The SMILES string of the molecule is CCCCCC1CCC(c2ccc(C(=O)O)c(-c3ccc(C(=O)c4ccc(-c5cc(C6CCC(CCCCC)CC6)ccc5C(=O)O)cc4O)c(O)c3)c2)CC1. The zero-order valence-corrected chi connectivity index (χ0v) is 33.1. The summed E-state index contributed by atoms with van der Waals surface area (Å²) in [7, 11) is 0. The van der Waals surface area contributed by atoms with Crippen LogP contribution in [0.25, 0.3) is 22.3 Å². The van der Waals surface area contributed by atoms with Crippen molar-refractivity contribution in [2.45, 2.75) is 128 Å². The number of benzene rings is 4. The molecule has 0 saturated heterocycles. The number of aromatic hydroxyl groups is 2. The molecule has 0 atom stereocenters. The maximum Gasteiger partial charge on any atom is 0.336 e. The number of carboxylic acids is 2. The van der Waals surface area contributed by atoms with Gasteiger partial charge < -0.3 is 20.4 Å². The Morgan fingerprint density at radius 2 is 0.875 bits per heavy atom. The van der Waals surface area contributed by atoms with Crippen molar-refractivity contribution in [2.75, 3.05) is 0 Å². The van der Waals surface area contributed by atoms with E-state index in [4.69, 9.17) is 0 Å². The first kappa shape index (κ1) is 40.7. The van der Waals surface area contributed by atoms with Crippen LogP contribution >= 0.6 is 0 Å². The molecule has 4 aromatic carbocycles. The molecular formula is C49H58O7. The summed E-state index contributed by atoms with van der Waals surface area (Å²) in [5.41, 5.74) is 4.27. The van der Waals surface area contributed by atoms with Crippen molar-refractivity contribution in [1.82, 2.24) is 0 Å². The number of carboxylic acid groups (broad SMARTS) is 2. The number of unbranched alkanes of at least 4 members (excludes halogenated alkanes) is 4. The molecule has 2 aliphatic rings. The van der Waals surface area contributed by atoms with E-state index in [0.717, 1.165) is 48.6 Å². The van der Waals surface area contributed by atoms with Gasteiger partial charge in [0, 0.05) is 0 Å². The Kier molecular flexibility index (Phi) is 13.7. The fourth-order valence-electron chi connectivity index (χ4n) is 9.34. The van der Waals surface area contributed by atoms with E-state index in [1.807, 2.05) is 24.3 Å². The summed E-state index contributed by atoms with van der Waals surface area (Å²) < 4.78 is 0. The normalized spacial score (nSPS) is 19.8. The summed E-state index contributed by atoms with van der Waals surface area (Å²) in [6, 6.07) is 20.0. The highest BCUT2D eigenvalue weighted by Gasteiger charge is 2.27. The van der Waals surface area contributed by atoms with Gasteiger partial charge in [0.1, 0.15) is 11.5 Å². The molecule has 0 spiro atoms. The smallest absolute Gasteiger partial charge is 0.336 e. The van der Waals surface area contributed by atoms with Crippen LogP contribution in [-0.2, 0) is 0 Å². The van der Waals surface area contributed by atoms with Crippen LogP contribution in [0.2, 0.25) is 0 Å². The molecule has 296 valence electrons. The number of carbonyl (C=O) groups excluding carboxylic acids is 1. The van der Waals surface area contributed by atoms with Gasteiger partial charge in [-0.2, -0.15) is 0 Å². The maximum atomic E-state index is 13.8. The minimum Gasteiger partial charge on any atom is -0.507 e. The average molecular weight is 759 g/mol. The number of hydrogen-bond acceptors (Lipinski definition) is 5. The van der Waals surface area contributed by atoms with Crippen LogP contribution in [0.15, 0.2) is 72.8 Å². The molecular weight excluding hydrogens is 701 g/mol. The number of aromatic carboxylic acids is 2. The number of carbonyl (C=O) groups is 3. The van der Waals surface area contributed by atoms with Crippen molar-refractivity contribution < 1.29 is 34.8 Å². The second kappa shape index (κ2) is 18.8. The largest absolute Gasteiger partial charge is 0.507 e. The summed E-state index contributed by atoms with van der Waals surface area (Å²) >= 11 is 0. The highest BCUT2D eigenvalue weighted by molar-refractivity contribution is 6.13. The van der Waals surface area contributed by atoms with Gasteiger partial charge in [-0.15, -0.1) is 0 Å². The van der Waals surface area contributed by atoms with Gasteiger partial charge in [0.2, 0.25) is 0 Å². The third-order valence-corrected chi connectivity index (χ3v) is 12.7. The fourth-order valence-corrected chi connectivity index (χ4v) is 9.34. The van der Waals surface area contributed by atoms with Crippen LogP contribution in [0.4, 0.5) is 0 Å². The van der Waals surface area contributed by atoms with Crippen molar-refractivity contribution in [2.24, 2.45) is 11.8 Å². The molecule has 7 heteroatoms. The highest BCUT2D eigenvalue weighted by atomic mass is 16.4. The van der Waals surface area contributed by atoms with Crippen LogP contribution in [0.1, 0.15) is 176 Å². The summed E-state index contributed by atoms with van der Waals surface area (Å²) in [5, 5.41) is 42.5. The molecule has 0 amide bonds. The van der Waals surface area contributed by atoms with E-state index in [-0.39, 0.29) is 33.8 Å². The van der Waals surface area contributed by atoms with Crippen LogP contribution in [0, 0.1) is 11.8 Å². The average Bonchev–Trinajstić information content (AvgIpc) is 3.20. The van der Waals surface area contributed by atoms with E-state index in [0.29, 0.717) is 34.1 Å². The van der Waals surface area contributed by atoms with E-state index in [1.54, 1.807) is 24.3 Å². The first-order chi connectivity index (χ1) is 27.1. The lowest BCUT2D eigenvalue weighted by molar-refractivity contribution is 0.0687. The van der Waals surface area contributed by atoms with Gasteiger partial charge in [-0.3, -0.25) is 4.79 Å². The zero-order chi connectivity index (χ0) is 39.8. The van der Waals surface area contributed by atoms with E-state index < -0.39 is 17.7 Å². The first-order valence-corrected chi connectivity index (χ1v) is 21.0. The molecule has 2 saturated carbocycles. The molecule has 0 bridgehead atoms. The van der Waals surface area contributed by atoms with Gasteiger partial charge in [0.05, 0.1) is 22.3 Å². The molecule has 6 rings (SSSR count). The quantitative estimate of drug-likeness (QED) is 0.0660. The number of rotatable bonds is 16. The Bertz CT molecular complexity index is 1870. The molecule has 4 aromatic rings. The third kappa shape index (κ3) is 9.54. The Labute approximate surface area is 331 Å². The molecule has 2 fully saturated rings. The second-order valence-electron chi connectivity index (χ2n) is 16.4. The number of phenols is 2. The molecule has 0 aromatic heterocycles. The predicted molar refractivity (Wildman–Crippen MR) is 222 cm³/mol. The van der Waals surface area contributed by atoms with Crippen molar-refractivity contribution >= 4 is 17.7 Å². The van der Waals surface area contributed by atoms with Crippen LogP contribution in [0.5, 0.6) is 11.5 Å². The maximum absolute atomic E-state index is 13.8. The highest BCUT2D eigenvalue weighted by Crippen LogP contribution is 2.42. The molecule has 56 heavy (non-hydrogen) atoms. The molecule has 7 nitrogen and oxygen atoms in total. The minimum atomic E-state index is -1.07. The fraction of sp³-hybridized carbons (Fsp3) is 0.449. The standard InChI is InChI=1S/C49H58O7/c1-3-5-7-9-31-11-15-33(16-12-31)35-19-23-39(48(53)54)43(27-35)37-21-25-41(45(50)29-37)47(52)42-26-22-38(30-46(42)51)44-28-36(20-24-40(44)49(55)56)34-17-13-32(14-18-34)10-8-6-4-2/h19-34,50-51H,3-18H2,1-2H3,(H,53,54)(H,55,56). The van der Waals surface area contributed by atoms with E-state index in [9.17, 15) is 34.8 Å². The monoisotopic (exact) mass is 758 g/mol. The Hall–Kier alpha value is -4.91. The topological polar surface area (TPSA) is 132 Å². The molecule has 4 N–H and O–H groups in total. The summed E-state index contributed by atoms with van der Waals surface area (Å²) in [5.74, 6) is -1.22. The lowest BCUT2D eigenvalue weighted by Crippen LogP contribution is -2.14. The lowest BCUT2D eigenvalue weighted by Gasteiger charge is -2.29. The van der Waals surface area contributed by atoms with E-state index in [2.05, 4.69) is 13.8 Å². The molecule has 0 radical (unpaired) electrons. The van der Waals surface area contributed by atoms with Gasteiger partial charge in [0.15, 0.2) is 5.78 Å². The lowest BCUT2D eigenvalue weighted by atomic mass is 9.76. The Balaban J connectivity index is 1.20. The van der Waals surface area contributed by atoms with Gasteiger partial charge in [-0.25, -0.2) is 9.59 Å². The second-order valence-corrected chi connectivity index (χ2v) is 16.4. The van der Waals surface area contributed by atoms with Crippen LogP contribution < -0.4 is 0 Å². The first-order valence-electron chi connectivity index (χ1n) is 21.0. The minimum absolute atomic E-state index is 0.0373. The number of hydrogen-bond donors (Lipinski definition) is 4. The molecule has 0 unspecified atom stereocenters. The van der Waals surface area contributed by atoms with Crippen molar-refractivity contribution in [3.05, 3.63) is 106 Å². The van der Waals surface area contributed by atoms with Gasteiger partial charge >= 0.3 is 11.9 Å². The van der Waals surface area contributed by atoms with E-state index in [1.165, 1.54) is 101 Å². The summed E-state index contributed by atoms with van der Waals surface area (Å²) in [6.07, 6.45) is 19.0. The van der Waals surface area contributed by atoms with Gasteiger partial charge in [-0.05, 0) is 145 Å². The number of ketones is 1. The predicted octanol–water partition coefficient (Wildman–Crippen LogP) is 12.8. The zero-order valence-electron chi connectivity index (χ0n) is 33.1. The molecule has 0 aliphatic heterocycles. The summed E-state index contributed by atoms with van der Waals surface area (Å²) in [4.78, 5) is 38.4. The van der Waals surface area contributed by atoms with Crippen molar-refractivity contribution in [1.29, 1.82) is 0 Å². The Morgan fingerprint density at radius 1 is 0.500 bits per heavy atom. The van der Waals surface area contributed by atoms with Crippen molar-refractivity contribution in [3.63, 3.8) is 0 Å². The number of phenolic OH excluding ortho intramolecular Hbond substituents is 2. The third-order valence-electron chi connectivity index (χ3n) is 12.7. The van der Waals surface area contributed by atoms with Gasteiger partial charge in [0.25, 0.3) is 0 Å². The van der Waals surface area contributed by atoms with Crippen LogP contribution in [-0.4, -0.2) is 38.1 Å². The Morgan fingerprint density at radius 3 is 1.21 bits per heavy atom. The van der Waals surface area contributed by atoms with Crippen molar-refractivity contribution in [3.8, 4) is 33.8 Å². The molecule has 0 heterocycles. The van der Waals surface area contributed by atoms with E-state index >= 15 is 0 Å². The summed E-state index contributed by atoms with van der Waals surface area (Å²) in [6.45, 7) is 4.45. The van der Waals surface area contributed by atoms with Crippen LogP contribution in [0.3, 0.4) is 0 Å². The molecule has 2 aliphatic carbocycles. The van der Waals surface area contributed by atoms with Gasteiger partial charge in [-0.1, -0.05) is 102 Å².